The summed E-state index contributed by atoms with van der Waals surface area (Å²) in [5, 5.41) is 0. The van der Waals surface area contributed by atoms with Crippen LogP contribution in [0.15, 0.2) is 23.8 Å². The van der Waals surface area contributed by atoms with Crippen LogP contribution in [-0.4, -0.2) is 17.9 Å². The first-order valence-electron chi connectivity index (χ1n) is 9.44. The van der Waals surface area contributed by atoms with Crippen molar-refractivity contribution in [3.05, 3.63) is 23.8 Å². The predicted octanol–water partition coefficient (Wildman–Crippen LogP) is 4.23. The van der Waals surface area contributed by atoms with E-state index < -0.39 is 0 Å². The normalized spacial score (nSPS) is 46.6. The SMILES string of the molecule is CC(=O)O[C@H]1C=C[C@@]2(C)C(=CCC3C2CC[C@]2(C)C(=O)CCC32)C1. The van der Waals surface area contributed by atoms with Crippen molar-refractivity contribution >= 4 is 11.8 Å². The molecule has 4 aliphatic rings. The molecule has 0 saturated heterocycles. The minimum absolute atomic E-state index is 0.0679. The van der Waals surface area contributed by atoms with Gasteiger partial charge < -0.3 is 4.74 Å². The number of hydrogen-bond acceptors (Lipinski definition) is 3. The number of carbonyl (C=O) groups is 2. The van der Waals surface area contributed by atoms with Gasteiger partial charge in [0.25, 0.3) is 0 Å². The van der Waals surface area contributed by atoms with Crippen LogP contribution in [0.3, 0.4) is 0 Å². The number of hydrogen-bond donors (Lipinski definition) is 0. The quantitative estimate of drug-likeness (QED) is 0.534. The Balaban J connectivity index is 1.63. The molecule has 0 aromatic rings. The van der Waals surface area contributed by atoms with Crippen LogP contribution in [0.5, 0.6) is 0 Å². The van der Waals surface area contributed by atoms with Gasteiger partial charge in [-0.05, 0) is 49.5 Å². The van der Waals surface area contributed by atoms with Gasteiger partial charge >= 0.3 is 5.97 Å². The Kier molecular flexibility index (Phi) is 3.56. The third-order valence-electron chi connectivity index (χ3n) is 7.64. The van der Waals surface area contributed by atoms with Crippen molar-refractivity contribution in [1.82, 2.24) is 0 Å². The van der Waals surface area contributed by atoms with E-state index in [2.05, 4.69) is 32.1 Å². The fraction of sp³-hybridized carbons (Fsp3) is 0.714. The number of ether oxygens (including phenoxy) is 1. The lowest BCUT2D eigenvalue weighted by Gasteiger charge is -2.55. The Morgan fingerprint density at radius 2 is 2.04 bits per heavy atom. The van der Waals surface area contributed by atoms with Crippen molar-refractivity contribution in [2.75, 3.05) is 0 Å². The molecular weight excluding hydrogens is 300 g/mol. The van der Waals surface area contributed by atoms with Crippen molar-refractivity contribution < 1.29 is 14.3 Å². The molecule has 0 aliphatic heterocycles. The molecule has 0 aromatic heterocycles. The molecule has 0 aromatic carbocycles. The maximum absolute atomic E-state index is 12.4. The lowest BCUT2D eigenvalue weighted by molar-refractivity contribution is -0.144. The summed E-state index contributed by atoms with van der Waals surface area (Å²) in [5.41, 5.74) is 1.44. The maximum atomic E-state index is 12.4. The van der Waals surface area contributed by atoms with Gasteiger partial charge in [-0.1, -0.05) is 31.6 Å². The summed E-state index contributed by atoms with van der Waals surface area (Å²) in [7, 11) is 0. The smallest absolute Gasteiger partial charge is 0.303 e. The summed E-state index contributed by atoms with van der Waals surface area (Å²) >= 11 is 0. The highest BCUT2D eigenvalue weighted by molar-refractivity contribution is 5.87. The van der Waals surface area contributed by atoms with Crippen LogP contribution in [0, 0.1) is 28.6 Å². The number of carbonyl (C=O) groups excluding carboxylic acids is 2. The van der Waals surface area contributed by atoms with Gasteiger partial charge in [0, 0.05) is 30.6 Å². The Morgan fingerprint density at radius 1 is 1.25 bits per heavy atom. The van der Waals surface area contributed by atoms with Crippen LogP contribution in [0.4, 0.5) is 0 Å². The van der Waals surface area contributed by atoms with Gasteiger partial charge in [0.1, 0.15) is 11.9 Å². The van der Waals surface area contributed by atoms with E-state index >= 15 is 0 Å². The Morgan fingerprint density at radius 3 is 2.79 bits per heavy atom. The van der Waals surface area contributed by atoms with Crippen molar-refractivity contribution in [3.63, 3.8) is 0 Å². The molecule has 24 heavy (non-hydrogen) atoms. The van der Waals surface area contributed by atoms with Gasteiger partial charge in [0.2, 0.25) is 0 Å². The van der Waals surface area contributed by atoms with Gasteiger partial charge in [-0.3, -0.25) is 9.59 Å². The number of esters is 1. The molecule has 0 radical (unpaired) electrons. The third-order valence-corrected chi connectivity index (χ3v) is 7.64. The van der Waals surface area contributed by atoms with E-state index in [9.17, 15) is 9.59 Å². The highest BCUT2D eigenvalue weighted by atomic mass is 16.5. The summed E-state index contributed by atoms with van der Waals surface area (Å²) in [4.78, 5) is 23.7. The van der Waals surface area contributed by atoms with E-state index in [1.807, 2.05) is 0 Å². The molecule has 4 aliphatic carbocycles. The summed E-state index contributed by atoms with van der Waals surface area (Å²) in [5.74, 6) is 2.09. The summed E-state index contributed by atoms with van der Waals surface area (Å²) in [6.07, 6.45) is 12.6. The van der Waals surface area contributed by atoms with Gasteiger partial charge in [-0.2, -0.15) is 0 Å². The summed E-state index contributed by atoms with van der Waals surface area (Å²) in [6.45, 7) is 6.06. The molecule has 0 amide bonds. The second-order valence-corrected chi connectivity index (χ2v) is 8.75. The molecule has 2 saturated carbocycles. The molecule has 3 unspecified atom stereocenters. The fourth-order valence-corrected chi connectivity index (χ4v) is 6.29. The van der Waals surface area contributed by atoms with Crippen LogP contribution in [0.25, 0.3) is 0 Å². The largest absolute Gasteiger partial charge is 0.458 e. The molecule has 4 rings (SSSR count). The van der Waals surface area contributed by atoms with Crippen LogP contribution in [-0.2, 0) is 14.3 Å². The number of allylic oxidation sites excluding steroid dienone is 2. The molecule has 6 atom stereocenters. The Labute approximate surface area is 144 Å². The number of ketones is 1. The predicted molar refractivity (Wildman–Crippen MR) is 92.2 cm³/mol. The van der Waals surface area contributed by atoms with Crippen molar-refractivity contribution in [2.45, 2.75) is 65.4 Å². The maximum Gasteiger partial charge on any atom is 0.303 e. The van der Waals surface area contributed by atoms with E-state index in [1.54, 1.807) is 0 Å². The number of fused-ring (bicyclic) bond motifs is 5. The zero-order valence-electron chi connectivity index (χ0n) is 15.0. The minimum Gasteiger partial charge on any atom is -0.458 e. The highest BCUT2D eigenvalue weighted by Gasteiger charge is 2.58. The molecule has 0 N–H and O–H groups in total. The average molecular weight is 328 g/mol. The topological polar surface area (TPSA) is 43.4 Å². The number of Topliss-reactive ketones (excluding diaryl/α,β-unsaturated/α-hetero) is 1. The molecule has 130 valence electrons. The summed E-state index contributed by atoms with van der Waals surface area (Å²) in [6, 6.07) is 0. The second kappa shape index (κ2) is 5.31. The average Bonchev–Trinajstić information content (AvgIpc) is 2.83. The molecular formula is C21H28O3. The van der Waals surface area contributed by atoms with Gasteiger partial charge in [0.15, 0.2) is 0 Å². The molecule has 0 bridgehead atoms. The van der Waals surface area contributed by atoms with E-state index in [4.69, 9.17) is 4.74 Å². The van der Waals surface area contributed by atoms with Crippen LogP contribution < -0.4 is 0 Å². The van der Waals surface area contributed by atoms with E-state index in [0.717, 1.165) is 38.5 Å². The van der Waals surface area contributed by atoms with Gasteiger partial charge in [-0.15, -0.1) is 0 Å². The first-order valence-corrected chi connectivity index (χ1v) is 9.44. The minimum atomic E-state index is -0.208. The molecule has 2 fully saturated rings. The molecule has 0 spiro atoms. The van der Waals surface area contributed by atoms with E-state index in [0.29, 0.717) is 23.5 Å². The van der Waals surface area contributed by atoms with Crippen molar-refractivity contribution in [1.29, 1.82) is 0 Å². The third kappa shape index (κ3) is 2.16. The lowest BCUT2D eigenvalue weighted by Crippen LogP contribution is -2.49. The molecule has 3 nitrogen and oxygen atoms in total. The molecule has 0 heterocycles. The van der Waals surface area contributed by atoms with Crippen molar-refractivity contribution in [3.8, 4) is 0 Å². The lowest BCUT2D eigenvalue weighted by atomic mass is 9.49. The van der Waals surface area contributed by atoms with Crippen molar-refractivity contribution in [2.24, 2.45) is 28.6 Å². The van der Waals surface area contributed by atoms with Gasteiger partial charge in [-0.25, -0.2) is 0 Å². The zero-order valence-corrected chi connectivity index (χ0v) is 15.0. The highest BCUT2D eigenvalue weighted by Crippen LogP contribution is 2.62. The Bertz CT molecular complexity index is 645. The fourth-order valence-electron chi connectivity index (χ4n) is 6.29. The second-order valence-electron chi connectivity index (χ2n) is 8.75. The standard InChI is InChI=1S/C21H28O3/c1-13(22)24-15-8-10-20(2)14(12-15)4-5-16-17-6-7-19(23)21(17,3)11-9-18(16)20/h4,8,10,15-18H,5-7,9,11-12H2,1-3H3/t15-,16?,17?,18?,20-,21-/m0/s1. The Hall–Kier alpha value is -1.38. The van der Waals surface area contributed by atoms with Crippen LogP contribution in [0.2, 0.25) is 0 Å². The summed E-state index contributed by atoms with van der Waals surface area (Å²) < 4.78 is 5.41. The van der Waals surface area contributed by atoms with Crippen LogP contribution >= 0.6 is 0 Å². The molecule has 3 heteroatoms. The first-order chi connectivity index (χ1) is 11.3. The van der Waals surface area contributed by atoms with Crippen LogP contribution in [0.1, 0.15) is 59.3 Å². The van der Waals surface area contributed by atoms with Gasteiger partial charge in [0.05, 0.1) is 0 Å². The zero-order chi connectivity index (χ0) is 17.1. The number of rotatable bonds is 1. The van der Waals surface area contributed by atoms with E-state index in [1.165, 1.54) is 12.5 Å². The van der Waals surface area contributed by atoms with E-state index in [-0.39, 0.29) is 22.9 Å². The monoisotopic (exact) mass is 328 g/mol. The first kappa shape index (κ1) is 16.1.